The number of nitrogens with zero attached hydrogens (tertiary/aromatic N) is 1. The topological polar surface area (TPSA) is 64.4 Å². The lowest BCUT2D eigenvalue weighted by molar-refractivity contribution is 0.0947. The van der Waals surface area contributed by atoms with Crippen molar-refractivity contribution in [2.45, 2.75) is 19.8 Å². The smallest absolute Gasteiger partial charge is 0.273 e. The molecule has 3 aromatic rings. The molecule has 0 saturated heterocycles. The molecule has 0 saturated carbocycles. The van der Waals surface area contributed by atoms with Crippen molar-refractivity contribution in [3.05, 3.63) is 72.0 Å². The van der Waals surface area contributed by atoms with Gasteiger partial charge in [0, 0.05) is 18.5 Å². The molecule has 0 aliphatic rings. The first-order valence-electron chi connectivity index (χ1n) is 8.89. The number of carbonyl (C=O) groups is 1. The predicted molar refractivity (Wildman–Crippen MR) is 100 cm³/mol. The minimum absolute atomic E-state index is 0.279. The maximum absolute atomic E-state index is 12.8. The lowest BCUT2D eigenvalue weighted by Crippen LogP contribution is -2.26. The second-order valence-corrected chi connectivity index (χ2v) is 5.92. The van der Waals surface area contributed by atoms with E-state index in [2.05, 4.69) is 10.3 Å². The minimum Gasteiger partial charge on any atom is -0.494 e. The fourth-order valence-electron chi connectivity index (χ4n) is 2.53. The summed E-state index contributed by atoms with van der Waals surface area (Å²) in [7, 11) is 0. The van der Waals surface area contributed by atoms with Gasteiger partial charge in [0.25, 0.3) is 5.91 Å². The minimum atomic E-state index is -0.303. The van der Waals surface area contributed by atoms with Crippen LogP contribution in [0.1, 0.15) is 29.7 Å². The molecule has 1 heterocycles. The summed E-state index contributed by atoms with van der Waals surface area (Å²) in [6.45, 7) is 2.77. The fraction of sp³-hybridized carbons (Fsp3) is 0.238. The Morgan fingerprint density at radius 3 is 2.59 bits per heavy atom. The number of nitrogens with one attached hydrogen (secondary N) is 1. The summed E-state index contributed by atoms with van der Waals surface area (Å²) in [6.07, 6.45) is 1.22. The van der Waals surface area contributed by atoms with Crippen molar-refractivity contribution in [1.82, 2.24) is 10.3 Å². The normalized spacial score (nSPS) is 10.6. The van der Waals surface area contributed by atoms with Crippen molar-refractivity contribution in [1.29, 1.82) is 0 Å². The number of halogens is 1. The van der Waals surface area contributed by atoms with E-state index in [0.717, 1.165) is 5.56 Å². The molecule has 2 aromatic carbocycles. The number of carbonyl (C=O) groups excluding carboxylic acids is 1. The molecule has 1 amide bonds. The maximum Gasteiger partial charge on any atom is 0.273 e. The molecule has 140 valence electrons. The highest BCUT2D eigenvalue weighted by molar-refractivity contribution is 5.97. The van der Waals surface area contributed by atoms with Crippen LogP contribution in [0.15, 0.2) is 59.0 Å². The van der Waals surface area contributed by atoms with E-state index in [0.29, 0.717) is 43.4 Å². The Bertz CT molecular complexity index is 876. The molecule has 0 fully saturated rings. The van der Waals surface area contributed by atoms with Crippen LogP contribution in [-0.4, -0.2) is 24.0 Å². The molecule has 0 spiro atoms. The van der Waals surface area contributed by atoms with Crippen LogP contribution in [0.4, 0.5) is 4.39 Å². The van der Waals surface area contributed by atoms with Crippen LogP contribution in [0, 0.1) is 5.82 Å². The van der Waals surface area contributed by atoms with Gasteiger partial charge in [-0.25, -0.2) is 9.37 Å². The van der Waals surface area contributed by atoms with Gasteiger partial charge >= 0.3 is 0 Å². The first-order chi connectivity index (χ1) is 13.2. The number of amides is 1. The number of benzene rings is 2. The highest BCUT2D eigenvalue weighted by Gasteiger charge is 2.20. The lowest BCUT2D eigenvalue weighted by Gasteiger charge is -2.07. The van der Waals surface area contributed by atoms with Gasteiger partial charge in [-0.15, -0.1) is 0 Å². The Hall–Kier alpha value is -3.15. The van der Waals surface area contributed by atoms with Gasteiger partial charge in [0.2, 0.25) is 0 Å². The molecule has 27 heavy (non-hydrogen) atoms. The third kappa shape index (κ3) is 4.94. The molecule has 3 rings (SSSR count). The Morgan fingerprint density at radius 1 is 1.15 bits per heavy atom. The van der Waals surface area contributed by atoms with Crippen LogP contribution < -0.4 is 10.1 Å². The summed E-state index contributed by atoms with van der Waals surface area (Å²) in [5.41, 5.74) is 1.10. The van der Waals surface area contributed by atoms with Gasteiger partial charge < -0.3 is 14.5 Å². The Morgan fingerprint density at radius 2 is 1.89 bits per heavy atom. The molecule has 1 aromatic heterocycles. The molecule has 0 atom stereocenters. The third-order valence-corrected chi connectivity index (χ3v) is 3.91. The Balaban J connectivity index is 1.55. The van der Waals surface area contributed by atoms with E-state index in [4.69, 9.17) is 9.15 Å². The van der Waals surface area contributed by atoms with Crippen LogP contribution in [0.5, 0.6) is 5.75 Å². The van der Waals surface area contributed by atoms with E-state index >= 15 is 0 Å². The van der Waals surface area contributed by atoms with E-state index < -0.39 is 0 Å². The highest BCUT2D eigenvalue weighted by atomic mass is 19.1. The predicted octanol–water partition coefficient (Wildman–Crippen LogP) is 4.24. The number of oxazole rings is 1. The van der Waals surface area contributed by atoms with E-state index in [1.54, 1.807) is 12.1 Å². The Labute approximate surface area is 157 Å². The standard InChI is InChI=1S/C21H21FN2O3/c1-2-18-24-19(20(27-18)15-7-4-3-5-8-15)21(25)23-13-6-14-26-17-11-9-16(22)10-12-17/h3-5,7-12H,2,6,13-14H2,1H3,(H,23,25). The zero-order chi connectivity index (χ0) is 19.1. The largest absolute Gasteiger partial charge is 0.494 e. The zero-order valence-electron chi connectivity index (χ0n) is 15.1. The van der Waals surface area contributed by atoms with Crippen LogP contribution in [0.25, 0.3) is 11.3 Å². The van der Waals surface area contributed by atoms with E-state index in [9.17, 15) is 9.18 Å². The number of hydrogen-bond acceptors (Lipinski definition) is 4. The Kier molecular flexibility index (Phi) is 6.20. The van der Waals surface area contributed by atoms with Crippen molar-refractivity contribution < 1.29 is 18.3 Å². The van der Waals surface area contributed by atoms with Gasteiger partial charge in [0.15, 0.2) is 17.3 Å². The van der Waals surface area contributed by atoms with Gasteiger partial charge in [0.05, 0.1) is 6.61 Å². The average molecular weight is 368 g/mol. The summed E-state index contributed by atoms with van der Waals surface area (Å²) < 4.78 is 24.1. The SMILES string of the molecule is CCc1nc(C(=O)NCCCOc2ccc(F)cc2)c(-c2ccccc2)o1. The van der Waals surface area contributed by atoms with Gasteiger partial charge in [-0.3, -0.25) is 4.79 Å². The van der Waals surface area contributed by atoms with E-state index in [1.165, 1.54) is 12.1 Å². The number of rotatable bonds is 8. The molecule has 0 bridgehead atoms. The molecule has 5 nitrogen and oxygen atoms in total. The number of hydrogen-bond donors (Lipinski definition) is 1. The van der Waals surface area contributed by atoms with Crippen LogP contribution in [-0.2, 0) is 6.42 Å². The highest BCUT2D eigenvalue weighted by Crippen LogP contribution is 2.25. The summed E-state index contributed by atoms with van der Waals surface area (Å²) in [5.74, 6) is 1.02. The molecular weight excluding hydrogens is 347 g/mol. The van der Waals surface area contributed by atoms with Crippen molar-refractivity contribution in [3.63, 3.8) is 0 Å². The summed E-state index contributed by atoms with van der Waals surface area (Å²) in [6, 6.07) is 15.3. The van der Waals surface area contributed by atoms with Gasteiger partial charge in [-0.1, -0.05) is 37.3 Å². The summed E-state index contributed by atoms with van der Waals surface area (Å²) in [5, 5.41) is 2.84. The monoisotopic (exact) mass is 368 g/mol. The van der Waals surface area contributed by atoms with Gasteiger partial charge in [-0.05, 0) is 30.7 Å². The number of aromatic nitrogens is 1. The molecule has 0 aliphatic heterocycles. The average Bonchev–Trinajstić information content (AvgIpc) is 3.14. The van der Waals surface area contributed by atoms with Crippen LogP contribution >= 0.6 is 0 Å². The van der Waals surface area contributed by atoms with E-state index in [1.807, 2.05) is 37.3 Å². The van der Waals surface area contributed by atoms with Crippen molar-refractivity contribution in [2.75, 3.05) is 13.2 Å². The first-order valence-corrected chi connectivity index (χ1v) is 8.89. The van der Waals surface area contributed by atoms with Crippen LogP contribution in [0.2, 0.25) is 0 Å². The zero-order valence-corrected chi connectivity index (χ0v) is 15.1. The number of ether oxygens (including phenoxy) is 1. The third-order valence-electron chi connectivity index (χ3n) is 3.91. The molecule has 0 aliphatic carbocycles. The lowest BCUT2D eigenvalue weighted by atomic mass is 10.1. The second kappa shape index (κ2) is 8.98. The summed E-state index contributed by atoms with van der Waals surface area (Å²) in [4.78, 5) is 16.8. The van der Waals surface area contributed by atoms with Crippen molar-refractivity contribution in [3.8, 4) is 17.1 Å². The van der Waals surface area contributed by atoms with Crippen molar-refractivity contribution >= 4 is 5.91 Å². The van der Waals surface area contributed by atoms with Crippen molar-refractivity contribution in [2.24, 2.45) is 0 Å². The molecule has 6 heteroatoms. The fourth-order valence-corrected chi connectivity index (χ4v) is 2.53. The van der Waals surface area contributed by atoms with E-state index in [-0.39, 0.29) is 17.4 Å². The van der Waals surface area contributed by atoms with Gasteiger partial charge in [0.1, 0.15) is 11.6 Å². The molecule has 1 N–H and O–H groups in total. The first kappa shape index (κ1) is 18.6. The van der Waals surface area contributed by atoms with Gasteiger partial charge in [-0.2, -0.15) is 0 Å². The molecular formula is C21H21FN2O3. The summed E-state index contributed by atoms with van der Waals surface area (Å²) >= 11 is 0. The molecule has 0 unspecified atom stereocenters. The molecule has 0 radical (unpaired) electrons. The van der Waals surface area contributed by atoms with Crippen LogP contribution in [0.3, 0.4) is 0 Å². The quantitative estimate of drug-likeness (QED) is 0.604. The second-order valence-electron chi connectivity index (χ2n) is 5.92. The number of aryl methyl sites for hydroxylation is 1. The maximum atomic E-state index is 12.8.